The number of hydrogen-bond acceptors (Lipinski definition) is 8. The summed E-state index contributed by atoms with van der Waals surface area (Å²) in [6.07, 6.45) is -4.06. The predicted octanol–water partition coefficient (Wildman–Crippen LogP) is 0.739. The molecule has 3 saturated heterocycles. The second kappa shape index (κ2) is 6.23. The van der Waals surface area contributed by atoms with Crippen LogP contribution in [-0.4, -0.2) is 72.0 Å². The Kier molecular flexibility index (Phi) is 4.77. The van der Waals surface area contributed by atoms with Crippen LogP contribution in [-0.2, 0) is 33.2 Å². The Balaban J connectivity index is 1.79. The van der Waals surface area contributed by atoms with Gasteiger partial charge >= 0.3 is 0 Å². The minimum atomic E-state index is -1.21. The highest BCUT2D eigenvalue weighted by Gasteiger charge is 2.55. The maximum atomic E-state index is 12.2. The Morgan fingerprint density at radius 1 is 0.920 bits per heavy atom. The second-order valence-corrected chi connectivity index (χ2v) is 8.12. The summed E-state index contributed by atoms with van der Waals surface area (Å²) in [4.78, 5) is 12.2. The summed E-state index contributed by atoms with van der Waals surface area (Å²) in [5.74, 6) is -2.94. The van der Waals surface area contributed by atoms with Crippen molar-refractivity contribution in [3.63, 3.8) is 0 Å². The molecule has 1 N–H and O–H groups in total. The Bertz CT molecular complexity index is 529. The lowest BCUT2D eigenvalue weighted by molar-refractivity contribution is -0.278. The molecule has 25 heavy (non-hydrogen) atoms. The fourth-order valence-electron chi connectivity index (χ4n) is 3.41. The van der Waals surface area contributed by atoms with Crippen molar-refractivity contribution in [2.75, 3.05) is 13.2 Å². The minimum Gasteiger partial charge on any atom is -0.387 e. The molecule has 8 nitrogen and oxygen atoms in total. The molecule has 0 aromatic carbocycles. The summed E-state index contributed by atoms with van der Waals surface area (Å²) < 4.78 is 34.3. The van der Waals surface area contributed by atoms with Gasteiger partial charge in [0.15, 0.2) is 23.1 Å². The quantitative estimate of drug-likeness (QED) is 0.788. The number of carbonyl (C=O) groups excluding carboxylic acids is 1. The van der Waals surface area contributed by atoms with Crippen LogP contribution >= 0.6 is 0 Å². The second-order valence-electron chi connectivity index (χ2n) is 8.12. The average molecular weight is 360 g/mol. The Morgan fingerprint density at radius 3 is 2.16 bits per heavy atom. The van der Waals surface area contributed by atoms with Crippen LogP contribution < -0.4 is 0 Å². The Morgan fingerprint density at radius 2 is 1.56 bits per heavy atom. The zero-order chi connectivity index (χ0) is 18.6. The lowest BCUT2D eigenvalue weighted by Gasteiger charge is -2.39. The van der Waals surface area contributed by atoms with E-state index in [2.05, 4.69) is 0 Å². The number of ether oxygens (including phenoxy) is 6. The number of rotatable bonds is 3. The first-order chi connectivity index (χ1) is 11.4. The smallest absolute Gasteiger partial charge is 0.190 e. The molecule has 0 aliphatic carbocycles. The molecule has 5 atom stereocenters. The first kappa shape index (κ1) is 19.2. The number of aliphatic hydroxyl groups excluding tert-OH is 1. The molecule has 3 fully saturated rings. The van der Waals surface area contributed by atoms with Gasteiger partial charge in [-0.25, -0.2) is 0 Å². The molecule has 3 heterocycles. The van der Waals surface area contributed by atoms with Gasteiger partial charge in [0.25, 0.3) is 0 Å². The van der Waals surface area contributed by atoms with Gasteiger partial charge in [-0.1, -0.05) is 0 Å². The fourth-order valence-corrected chi connectivity index (χ4v) is 3.41. The van der Waals surface area contributed by atoms with Crippen molar-refractivity contribution in [3.05, 3.63) is 0 Å². The summed E-state index contributed by atoms with van der Waals surface area (Å²) in [5.41, 5.74) is 0. The zero-order valence-electron chi connectivity index (χ0n) is 15.6. The van der Waals surface area contributed by atoms with Crippen LogP contribution in [0.4, 0.5) is 0 Å². The molecule has 3 aliphatic heterocycles. The molecule has 0 aromatic rings. The standard InChI is InChI=1S/C17H28O8/c1-15(2)21-8-10(22-15)13-14(25-17(5,6)24-13)11(19)12-9(18)7-20-16(3,4)23-12/h10-14,19H,7-8H2,1-6H3/t10?,11-,12-,13?,14?/m1/s1. The molecule has 3 unspecified atom stereocenters. The van der Waals surface area contributed by atoms with Crippen LogP contribution in [0.3, 0.4) is 0 Å². The Labute approximate surface area is 147 Å². The molecular weight excluding hydrogens is 332 g/mol. The number of ketones is 1. The number of aliphatic hydroxyl groups is 1. The SMILES string of the molecule is CC1(C)OCC(C2OC(C)(C)OC2[C@H](O)[C@@H]2OC(C)(C)OCC2=O)O1. The maximum absolute atomic E-state index is 12.2. The van der Waals surface area contributed by atoms with Gasteiger partial charge in [0.1, 0.15) is 37.1 Å². The van der Waals surface area contributed by atoms with Gasteiger partial charge in [0.05, 0.1) is 6.61 Å². The van der Waals surface area contributed by atoms with Crippen molar-refractivity contribution in [3.8, 4) is 0 Å². The van der Waals surface area contributed by atoms with E-state index in [-0.39, 0.29) is 12.4 Å². The van der Waals surface area contributed by atoms with Gasteiger partial charge in [-0.3, -0.25) is 4.79 Å². The number of carbonyl (C=O) groups is 1. The van der Waals surface area contributed by atoms with Crippen molar-refractivity contribution in [1.29, 1.82) is 0 Å². The molecule has 0 saturated carbocycles. The maximum Gasteiger partial charge on any atom is 0.190 e. The van der Waals surface area contributed by atoms with Gasteiger partial charge in [0.2, 0.25) is 0 Å². The first-order valence-corrected chi connectivity index (χ1v) is 8.59. The third kappa shape index (κ3) is 4.05. The molecule has 0 bridgehead atoms. The van der Waals surface area contributed by atoms with Gasteiger partial charge in [-0.05, 0) is 41.5 Å². The summed E-state index contributed by atoms with van der Waals surface area (Å²) in [5, 5.41) is 10.9. The van der Waals surface area contributed by atoms with E-state index in [4.69, 9.17) is 28.4 Å². The van der Waals surface area contributed by atoms with Crippen molar-refractivity contribution < 1.29 is 38.3 Å². The van der Waals surface area contributed by atoms with Gasteiger partial charge in [-0.2, -0.15) is 0 Å². The van der Waals surface area contributed by atoms with Crippen LogP contribution in [0.5, 0.6) is 0 Å². The topological polar surface area (TPSA) is 92.7 Å². The average Bonchev–Trinajstić information content (AvgIpc) is 3.00. The van der Waals surface area contributed by atoms with Crippen LogP contribution in [0.25, 0.3) is 0 Å². The highest BCUT2D eigenvalue weighted by Crippen LogP contribution is 2.38. The summed E-state index contributed by atoms with van der Waals surface area (Å²) in [7, 11) is 0. The van der Waals surface area contributed by atoms with Gasteiger partial charge in [-0.15, -0.1) is 0 Å². The van der Waals surface area contributed by atoms with Gasteiger partial charge in [0, 0.05) is 0 Å². The van der Waals surface area contributed by atoms with E-state index >= 15 is 0 Å². The molecule has 144 valence electrons. The van der Waals surface area contributed by atoms with Crippen molar-refractivity contribution in [2.45, 2.75) is 89.4 Å². The number of hydrogen-bond donors (Lipinski definition) is 1. The van der Waals surface area contributed by atoms with Crippen LogP contribution in [0.15, 0.2) is 0 Å². The highest BCUT2D eigenvalue weighted by atomic mass is 16.8. The van der Waals surface area contributed by atoms with E-state index < -0.39 is 47.9 Å². The van der Waals surface area contributed by atoms with Crippen LogP contribution in [0.1, 0.15) is 41.5 Å². The normalized spacial score (nSPS) is 41.0. The molecule has 3 rings (SSSR count). The largest absolute Gasteiger partial charge is 0.387 e. The van der Waals surface area contributed by atoms with Gasteiger partial charge < -0.3 is 33.5 Å². The zero-order valence-corrected chi connectivity index (χ0v) is 15.6. The lowest BCUT2D eigenvalue weighted by atomic mass is 9.96. The fraction of sp³-hybridized carbons (Fsp3) is 0.941. The monoisotopic (exact) mass is 360 g/mol. The van der Waals surface area contributed by atoms with E-state index in [1.165, 1.54) is 0 Å². The molecule has 0 spiro atoms. The van der Waals surface area contributed by atoms with Crippen molar-refractivity contribution in [2.24, 2.45) is 0 Å². The van der Waals surface area contributed by atoms with E-state index in [0.29, 0.717) is 6.61 Å². The molecule has 3 aliphatic rings. The van der Waals surface area contributed by atoms with E-state index in [1.54, 1.807) is 27.7 Å². The first-order valence-electron chi connectivity index (χ1n) is 8.59. The summed E-state index contributed by atoms with van der Waals surface area (Å²) in [6, 6.07) is 0. The summed E-state index contributed by atoms with van der Waals surface area (Å²) in [6.45, 7) is 10.7. The minimum absolute atomic E-state index is 0.119. The lowest BCUT2D eigenvalue weighted by Crippen LogP contribution is -2.57. The summed E-state index contributed by atoms with van der Waals surface area (Å²) >= 11 is 0. The van der Waals surface area contributed by atoms with E-state index in [1.807, 2.05) is 13.8 Å². The Hall–Kier alpha value is -0.610. The third-order valence-corrected chi connectivity index (χ3v) is 4.50. The van der Waals surface area contributed by atoms with E-state index in [9.17, 15) is 9.90 Å². The predicted molar refractivity (Wildman–Crippen MR) is 84.6 cm³/mol. The third-order valence-electron chi connectivity index (χ3n) is 4.50. The highest BCUT2D eigenvalue weighted by molar-refractivity contribution is 5.85. The number of Topliss-reactive ketones (excluding diaryl/α,β-unsaturated/α-hetero) is 1. The molecule has 8 heteroatoms. The van der Waals surface area contributed by atoms with Crippen LogP contribution in [0, 0.1) is 0 Å². The van der Waals surface area contributed by atoms with E-state index in [0.717, 1.165) is 0 Å². The van der Waals surface area contributed by atoms with Crippen molar-refractivity contribution in [1.82, 2.24) is 0 Å². The molecule has 0 amide bonds. The van der Waals surface area contributed by atoms with Crippen LogP contribution in [0.2, 0.25) is 0 Å². The molecular formula is C17H28O8. The molecule has 0 aromatic heterocycles. The van der Waals surface area contributed by atoms with Crippen molar-refractivity contribution >= 4 is 5.78 Å². The molecule has 0 radical (unpaired) electrons.